The zero-order valence-corrected chi connectivity index (χ0v) is 15.6. The third-order valence-electron chi connectivity index (χ3n) is 5.80. The molecule has 0 atom stereocenters. The van der Waals surface area contributed by atoms with E-state index < -0.39 is 5.60 Å². The molecule has 0 amide bonds. The molecule has 2 aromatic rings. The molecule has 2 aliphatic rings. The van der Waals surface area contributed by atoms with Gasteiger partial charge in [0.25, 0.3) is 0 Å². The van der Waals surface area contributed by atoms with E-state index in [2.05, 4.69) is 19.8 Å². The summed E-state index contributed by atoms with van der Waals surface area (Å²) in [5.41, 5.74) is 1.04. The van der Waals surface area contributed by atoms with Crippen LogP contribution in [0.25, 0.3) is 0 Å². The predicted molar refractivity (Wildman–Crippen MR) is 103 cm³/mol. The molecule has 1 aromatic carbocycles. The monoisotopic (exact) mass is 370 g/mol. The van der Waals surface area contributed by atoms with Gasteiger partial charge in [-0.05, 0) is 49.8 Å². The van der Waals surface area contributed by atoms with Crippen molar-refractivity contribution in [3.63, 3.8) is 0 Å². The van der Waals surface area contributed by atoms with Gasteiger partial charge in [-0.15, -0.1) is 0 Å². The van der Waals surface area contributed by atoms with Gasteiger partial charge in [0, 0.05) is 50.7 Å². The maximum atomic E-state index is 13.1. The van der Waals surface area contributed by atoms with Gasteiger partial charge in [0.2, 0.25) is 5.95 Å². The van der Waals surface area contributed by atoms with Crippen molar-refractivity contribution in [3.8, 4) is 0 Å². The Bertz CT molecular complexity index is 736. The molecule has 4 rings (SSSR count). The molecule has 3 heterocycles. The maximum Gasteiger partial charge on any atom is 0.225 e. The molecule has 0 unspecified atom stereocenters. The molecular formula is C21H27FN4O. The van der Waals surface area contributed by atoms with E-state index in [1.54, 1.807) is 12.1 Å². The van der Waals surface area contributed by atoms with Crippen LogP contribution in [0.5, 0.6) is 0 Å². The van der Waals surface area contributed by atoms with E-state index in [1.807, 2.05) is 12.4 Å². The SMILES string of the molecule is OC1(c2ccc(F)cc2)CCN(Cc2cnc(N3CCCCC3)nc2)CC1. The zero-order valence-electron chi connectivity index (χ0n) is 15.6. The van der Waals surface area contributed by atoms with Gasteiger partial charge in [-0.3, -0.25) is 4.90 Å². The van der Waals surface area contributed by atoms with Crippen molar-refractivity contribution in [1.29, 1.82) is 0 Å². The minimum absolute atomic E-state index is 0.271. The van der Waals surface area contributed by atoms with E-state index in [0.717, 1.165) is 49.8 Å². The molecule has 2 fully saturated rings. The molecule has 144 valence electrons. The normalized spacial score (nSPS) is 20.6. The molecule has 0 aliphatic carbocycles. The van der Waals surface area contributed by atoms with Gasteiger partial charge in [-0.1, -0.05) is 12.1 Å². The number of aromatic nitrogens is 2. The van der Waals surface area contributed by atoms with Gasteiger partial charge in [0.15, 0.2) is 0 Å². The van der Waals surface area contributed by atoms with Crippen molar-refractivity contribution in [2.24, 2.45) is 0 Å². The molecule has 0 radical (unpaired) electrons. The van der Waals surface area contributed by atoms with E-state index in [9.17, 15) is 9.50 Å². The fourth-order valence-electron chi connectivity index (χ4n) is 4.07. The third-order valence-corrected chi connectivity index (χ3v) is 5.80. The lowest BCUT2D eigenvalue weighted by atomic mass is 9.84. The van der Waals surface area contributed by atoms with Crippen molar-refractivity contribution in [3.05, 3.63) is 53.6 Å². The Morgan fingerprint density at radius 1 is 0.926 bits per heavy atom. The number of aliphatic hydroxyl groups is 1. The van der Waals surface area contributed by atoms with Gasteiger partial charge in [-0.25, -0.2) is 14.4 Å². The Morgan fingerprint density at radius 2 is 1.56 bits per heavy atom. The first-order chi connectivity index (χ1) is 13.1. The van der Waals surface area contributed by atoms with Gasteiger partial charge in [0.1, 0.15) is 5.82 Å². The summed E-state index contributed by atoms with van der Waals surface area (Å²) in [5.74, 6) is 0.565. The Morgan fingerprint density at radius 3 is 2.19 bits per heavy atom. The quantitative estimate of drug-likeness (QED) is 0.896. The van der Waals surface area contributed by atoms with Crippen LogP contribution in [0.4, 0.5) is 10.3 Å². The average molecular weight is 370 g/mol. The number of benzene rings is 1. The van der Waals surface area contributed by atoms with Gasteiger partial charge in [-0.2, -0.15) is 0 Å². The van der Waals surface area contributed by atoms with Crippen LogP contribution in [0.15, 0.2) is 36.7 Å². The number of rotatable bonds is 4. The summed E-state index contributed by atoms with van der Waals surface area (Å²) in [7, 11) is 0. The number of anilines is 1. The fraction of sp³-hybridized carbons (Fsp3) is 0.524. The molecule has 5 nitrogen and oxygen atoms in total. The van der Waals surface area contributed by atoms with Crippen LogP contribution in [0.3, 0.4) is 0 Å². The third kappa shape index (κ3) is 4.28. The first kappa shape index (κ1) is 18.3. The van der Waals surface area contributed by atoms with E-state index in [0.29, 0.717) is 12.8 Å². The topological polar surface area (TPSA) is 52.5 Å². The Labute approximate surface area is 159 Å². The highest BCUT2D eigenvalue weighted by Crippen LogP contribution is 2.33. The second-order valence-corrected chi connectivity index (χ2v) is 7.75. The van der Waals surface area contributed by atoms with Crippen molar-refractivity contribution in [2.45, 2.75) is 44.2 Å². The zero-order chi connectivity index (χ0) is 18.7. The first-order valence-electron chi connectivity index (χ1n) is 9.89. The van der Waals surface area contributed by atoms with Crippen LogP contribution in [-0.4, -0.2) is 46.2 Å². The number of hydrogen-bond acceptors (Lipinski definition) is 5. The highest BCUT2D eigenvalue weighted by molar-refractivity contribution is 5.30. The summed E-state index contributed by atoms with van der Waals surface area (Å²) in [5, 5.41) is 10.9. The average Bonchev–Trinajstić information content (AvgIpc) is 2.71. The minimum atomic E-state index is -0.862. The van der Waals surface area contributed by atoms with Crippen molar-refractivity contribution < 1.29 is 9.50 Å². The number of halogens is 1. The Hall–Kier alpha value is -2.05. The van der Waals surface area contributed by atoms with E-state index in [4.69, 9.17) is 0 Å². The molecule has 1 N–H and O–H groups in total. The van der Waals surface area contributed by atoms with Crippen molar-refractivity contribution in [2.75, 3.05) is 31.1 Å². The minimum Gasteiger partial charge on any atom is -0.385 e. The number of nitrogens with zero attached hydrogens (tertiary/aromatic N) is 4. The summed E-state index contributed by atoms with van der Waals surface area (Å²) in [4.78, 5) is 13.7. The van der Waals surface area contributed by atoms with Crippen LogP contribution in [-0.2, 0) is 12.1 Å². The smallest absolute Gasteiger partial charge is 0.225 e. The molecule has 27 heavy (non-hydrogen) atoms. The van der Waals surface area contributed by atoms with E-state index in [1.165, 1.54) is 31.4 Å². The standard InChI is InChI=1S/C21H27FN4O/c22-19-6-4-18(5-7-19)21(27)8-12-25(13-9-21)16-17-14-23-20(24-15-17)26-10-2-1-3-11-26/h4-7,14-15,27H,1-3,8-13,16H2. The lowest BCUT2D eigenvalue weighted by Crippen LogP contribution is -2.42. The number of hydrogen-bond donors (Lipinski definition) is 1. The van der Waals surface area contributed by atoms with Gasteiger partial charge < -0.3 is 10.0 Å². The van der Waals surface area contributed by atoms with Crippen LogP contribution in [0.2, 0.25) is 0 Å². The van der Waals surface area contributed by atoms with E-state index >= 15 is 0 Å². The van der Waals surface area contributed by atoms with Gasteiger partial charge >= 0.3 is 0 Å². The number of likely N-dealkylation sites (tertiary alicyclic amines) is 1. The summed E-state index contributed by atoms with van der Waals surface area (Å²) in [6, 6.07) is 6.22. The second-order valence-electron chi connectivity index (χ2n) is 7.75. The lowest BCUT2D eigenvalue weighted by molar-refractivity contribution is -0.0278. The summed E-state index contributed by atoms with van der Waals surface area (Å²) in [6.45, 7) is 4.48. The van der Waals surface area contributed by atoms with Crippen LogP contribution in [0, 0.1) is 5.82 Å². The summed E-state index contributed by atoms with van der Waals surface area (Å²) < 4.78 is 13.1. The van der Waals surface area contributed by atoms with Crippen LogP contribution < -0.4 is 4.90 Å². The van der Waals surface area contributed by atoms with Crippen molar-refractivity contribution >= 4 is 5.95 Å². The molecule has 0 saturated carbocycles. The molecule has 2 aliphatic heterocycles. The Balaban J connectivity index is 1.33. The fourth-order valence-corrected chi connectivity index (χ4v) is 4.07. The second kappa shape index (κ2) is 7.90. The molecular weight excluding hydrogens is 343 g/mol. The number of piperidine rings is 2. The summed E-state index contributed by atoms with van der Waals surface area (Å²) >= 11 is 0. The maximum absolute atomic E-state index is 13.1. The first-order valence-corrected chi connectivity index (χ1v) is 9.89. The largest absolute Gasteiger partial charge is 0.385 e. The summed E-state index contributed by atoms with van der Waals surface area (Å²) in [6.07, 6.45) is 8.88. The van der Waals surface area contributed by atoms with Crippen LogP contribution in [0.1, 0.15) is 43.2 Å². The van der Waals surface area contributed by atoms with Crippen molar-refractivity contribution in [1.82, 2.24) is 14.9 Å². The molecule has 2 saturated heterocycles. The van der Waals surface area contributed by atoms with Crippen LogP contribution >= 0.6 is 0 Å². The predicted octanol–water partition coefficient (Wildman–Crippen LogP) is 3.09. The molecule has 6 heteroatoms. The lowest BCUT2D eigenvalue weighted by Gasteiger charge is -2.38. The molecule has 0 bridgehead atoms. The molecule has 0 spiro atoms. The van der Waals surface area contributed by atoms with Gasteiger partial charge in [0.05, 0.1) is 5.60 Å². The molecule has 1 aromatic heterocycles. The highest BCUT2D eigenvalue weighted by atomic mass is 19.1. The highest BCUT2D eigenvalue weighted by Gasteiger charge is 2.33. The Kier molecular flexibility index (Phi) is 5.36. The van der Waals surface area contributed by atoms with E-state index in [-0.39, 0.29) is 5.82 Å².